The Labute approximate surface area is 113 Å². The Morgan fingerprint density at radius 3 is 2.06 bits per heavy atom. The van der Waals surface area contributed by atoms with E-state index in [2.05, 4.69) is 26.9 Å². The van der Waals surface area contributed by atoms with Crippen LogP contribution in [0.5, 0.6) is 0 Å². The molecule has 2 aliphatic rings. The fourth-order valence-corrected chi connectivity index (χ4v) is 8.56. The number of hydrogen-bond donors (Lipinski definition) is 0. The van der Waals surface area contributed by atoms with E-state index in [1.807, 2.05) is 0 Å². The van der Waals surface area contributed by atoms with Crippen molar-refractivity contribution in [1.82, 2.24) is 0 Å². The molecule has 0 aromatic carbocycles. The first kappa shape index (κ1) is 13.6. The molecule has 2 saturated carbocycles. The molecule has 0 radical (unpaired) electrons. The third kappa shape index (κ3) is 4.84. The van der Waals surface area contributed by atoms with Crippen LogP contribution in [0, 0.1) is 0 Å². The molecule has 0 aromatic heterocycles. The van der Waals surface area contributed by atoms with E-state index in [0.29, 0.717) is 6.10 Å². The molecule has 0 N–H and O–H groups in total. The number of halogens is 1. The zero-order chi connectivity index (χ0) is 11.2. The van der Waals surface area contributed by atoms with Crippen molar-refractivity contribution in [1.29, 1.82) is 0 Å². The van der Waals surface area contributed by atoms with E-state index in [0.717, 1.165) is 5.25 Å². The molecule has 2 rings (SSSR count). The monoisotopic (exact) mass is 324 g/mol. The normalized spacial score (nSPS) is 26.8. The molecule has 2 aliphatic carbocycles. The standard InChI is InChI=1S/C12H22BrOPS/c13-15(14-11-7-3-1-4-8-11)16-12-9-5-2-6-10-12/h11-12H,1-10H2. The van der Waals surface area contributed by atoms with Crippen LogP contribution in [0.3, 0.4) is 0 Å². The zero-order valence-corrected chi connectivity index (χ0v) is 13.2. The van der Waals surface area contributed by atoms with Gasteiger partial charge in [-0.3, -0.25) is 0 Å². The zero-order valence-electron chi connectivity index (χ0n) is 9.87. The molecule has 1 atom stereocenters. The van der Waals surface area contributed by atoms with Gasteiger partial charge in [0, 0.05) is 5.25 Å². The fourth-order valence-electron chi connectivity index (χ4n) is 2.60. The van der Waals surface area contributed by atoms with Crippen LogP contribution in [0.25, 0.3) is 0 Å². The van der Waals surface area contributed by atoms with Crippen molar-refractivity contribution in [3.63, 3.8) is 0 Å². The van der Waals surface area contributed by atoms with Crippen molar-refractivity contribution in [2.24, 2.45) is 0 Å². The maximum atomic E-state index is 6.14. The van der Waals surface area contributed by atoms with Crippen molar-refractivity contribution in [2.75, 3.05) is 0 Å². The maximum absolute atomic E-state index is 6.14. The summed E-state index contributed by atoms with van der Waals surface area (Å²) in [6, 6.07) is -0.397. The summed E-state index contributed by atoms with van der Waals surface area (Å²) in [5.41, 5.74) is 0. The van der Waals surface area contributed by atoms with Crippen molar-refractivity contribution < 1.29 is 4.52 Å². The van der Waals surface area contributed by atoms with Crippen LogP contribution in [0.1, 0.15) is 64.2 Å². The van der Waals surface area contributed by atoms with Crippen LogP contribution in [0.2, 0.25) is 0 Å². The molecule has 0 amide bonds. The Morgan fingerprint density at radius 2 is 1.44 bits per heavy atom. The molecule has 0 aliphatic heterocycles. The highest BCUT2D eigenvalue weighted by Gasteiger charge is 2.22. The lowest BCUT2D eigenvalue weighted by atomic mass is 9.98. The average molecular weight is 325 g/mol. The third-order valence-electron chi connectivity index (χ3n) is 3.57. The van der Waals surface area contributed by atoms with Gasteiger partial charge in [-0.05, 0) is 41.2 Å². The van der Waals surface area contributed by atoms with Gasteiger partial charge in [-0.2, -0.15) is 0 Å². The first-order chi connectivity index (χ1) is 7.84. The molecule has 1 nitrogen and oxygen atoms in total. The minimum absolute atomic E-state index is 0.397. The van der Waals surface area contributed by atoms with Gasteiger partial charge < -0.3 is 4.52 Å². The van der Waals surface area contributed by atoms with Gasteiger partial charge in [0.2, 0.25) is 0 Å². The third-order valence-corrected chi connectivity index (χ3v) is 8.62. The molecule has 2 fully saturated rings. The number of hydrogen-bond acceptors (Lipinski definition) is 2. The van der Waals surface area contributed by atoms with Crippen LogP contribution >= 0.6 is 32.9 Å². The second-order valence-corrected chi connectivity index (χ2v) is 11.4. The summed E-state index contributed by atoms with van der Waals surface area (Å²) in [5, 5.41) is 0.864. The van der Waals surface area contributed by atoms with E-state index in [9.17, 15) is 0 Å². The average Bonchev–Trinajstić information content (AvgIpc) is 2.31. The van der Waals surface area contributed by atoms with Gasteiger partial charge in [0.05, 0.1) is 6.10 Å². The lowest BCUT2D eigenvalue weighted by Gasteiger charge is -2.27. The van der Waals surface area contributed by atoms with E-state index in [1.54, 1.807) is 0 Å². The van der Waals surface area contributed by atoms with Gasteiger partial charge in [0.25, 0.3) is 0 Å². The van der Waals surface area contributed by atoms with Crippen molar-refractivity contribution in [3.05, 3.63) is 0 Å². The predicted octanol–water partition coefficient (Wildman–Crippen LogP) is 6.02. The summed E-state index contributed by atoms with van der Waals surface area (Å²) < 4.78 is 6.14. The molecule has 0 aromatic rings. The van der Waals surface area contributed by atoms with E-state index < -0.39 is 6.05 Å². The first-order valence-corrected chi connectivity index (χ1v) is 11.4. The van der Waals surface area contributed by atoms with Gasteiger partial charge in [0.1, 0.15) is 0 Å². The van der Waals surface area contributed by atoms with E-state index >= 15 is 0 Å². The smallest absolute Gasteiger partial charge is 0.161 e. The van der Waals surface area contributed by atoms with Crippen molar-refractivity contribution in [3.8, 4) is 0 Å². The Kier molecular flexibility index (Phi) is 6.49. The lowest BCUT2D eigenvalue weighted by molar-refractivity contribution is 0.181. The van der Waals surface area contributed by atoms with Gasteiger partial charge in [-0.15, -0.1) is 0 Å². The predicted molar refractivity (Wildman–Crippen MR) is 78.3 cm³/mol. The first-order valence-electron chi connectivity index (χ1n) is 6.64. The maximum Gasteiger partial charge on any atom is 0.161 e. The van der Waals surface area contributed by atoms with Crippen molar-refractivity contribution in [2.45, 2.75) is 75.6 Å². The minimum Gasteiger partial charge on any atom is -0.335 e. The van der Waals surface area contributed by atoms with Crippen LogP contribution in [-0.4, -0.2) is 11.4 Å². The molecule has 0 bridgehead atoms. The quantitative estimate of drug-likeness (QED) is 0.584. The molecule has 16 heavy (non-hydrogen) atoms. The summed E-state index contributed by atoms with van der Waals surface area (Å²) in [6.07, 6.45) is 14.4. The highest BCUT2D eigenvalue weighted by Crippen LogP contribution is 2.62. The van der Waals surface area contributed by atoms with E-state index in [-0.39, 0.29) is 0 Å². The van der Waals surface area contributed by atoms with Gasteiger partial charge in [-0.25, -0.2) is 0 Å². The van der Waals surface area contributed by atoms with Crippen LogP contribution in [0.4, 0.5) is 0 Å². The SMILES string of the molecule is BrP(OC1CCCCC1)SC1CCCCC1. The van der Waals surface area contributed by atoms with E-state index in [1.165, 1.54) is 64.2 Å². The van der Waals surface area contributed by atoms with Crippen molar-refractivity contribution >= 4 is 32.9 Å². The highest BCUT2D eigenvalue weighted by atomic mass is 79.9. The molecule has 4 heteroatoms. The summed E-state index contributed by atoms with van der Waals surface area (Å²) >= 11 is 5.83. The van der Waals surface area contributed by atoms with E-state index in [4.69, 9.17) is 4.52 Å². The van der Waals surface area contributed by atoms with Gasteiger partial charge in [-0.1, -0.05) is 49.9 Å². The highest BCUT2D eigenvalue weighted by molar-refractivity contribution is 9.47. The molecule has 1 unspecified atom stereocenters. The number of rotatable bonds is 4. The Hall–Kier alpha value is 1.22. The summed E-state index contributed by atoms with van der Waals surface area (Å²) in [6.45, 7) is 0. The lowest BCUT2D eigenvalue weighted by Crippen LogP contribution is -2.13. The van der Waals surface area contributed by atoms with Crippen LogP contribution < -0.4 is 0 Å². The molecule has 0 saturated heterocycles. The second kappa shape index (κ2) is 7.61. The van der Waals surface area contributed by atoms with Crippen LogP contribution in [-0.2, 0) is 4.52 Å². The molecule has 0 heterocycles. The second-order valence-electron chi connectivity index (χ2n) is 4.94. The van der Waals surface area contributed by atoms with Gasteiger partial charge in [0.15, 0.2) is 6.05 Å². The molecular weight excluding hydrogens is 303 g/mol. The Bertz CT molecular complexity index is 173. The summed E-state index contributed by atoms with van der Waals surface area (Å²) in [5.74, 6) is 0. The molecular formula is C12H22BrOPS. The Morgan fingerprint density at radius 1 is 0.875 bits per heavy atom. The topological polar surface area (TPSA) is 9.23 Å². The molecule has 94 valence electrons. The molecule has 0 spiro atoms. The summed E-state index contributed by atoms with van der Waals surface area (Å²) in [4.78, 5) is 0. The summed E-state index contributed by atoms with van der Waals surface area (Å²) in [7, 11) is 0. The minimum atomic E-state index is -0.397. The Balaban J connectivity index is 1.64. The largest absolute Gasteiger partial charge is 0.335 e. The fraction of sp³-hybridized carbons (Fsp3) is 1.00. The van der Waals surface area contributed by atoms with Crippen LogP contribution in [0.15, 0.2) is 0 Å². The van der Waals surface area contributed by atoms with Gasteiger partial charge >= 0.3 is 0 Å².